The minimum Gasteiger partial charge on any atom is -0.482 e. The molecule has 0 atom stereocenters. The van der Waals surface area contributed by atoms with E-state index in [1.165, 1.54) is 23.5 Å². The first-order valence-electron chi connectivity index (χ1n) is 14.8. The number of hydrogen-bond acceptors (Lipinski definition) is 8. The summed E-state index contributed by atoms with van der Waals surface area (Å²) >= 11 is 3.12. The summed E-state index contributed by atoms with van der Waals surface area (Å²) in [7, 11) is 0. The van der Waals surface area contributed by atoms with Gasteiger partial charge in [0, 0.05) is 65.1 Å². The lowest BCUT2D eigenvalue weighted by Crippen LogP contribution is -2.46. The maximum Gasteiger partial charge on any atom is 0.416 e. The van der Waals surface area contributed by atoms with Crippen LogP contribution in [0.15, 0.2) is 71.6 Å². The molecule has 5 rings (SSSR count). The lowest BCUT2D eigenvalue weighted by Gasteiger charge is -2.36. The van der Waals surface area contributed by atoms with Gasteiger partial charge >= 0.3 is 12.1 Å². The monoisotopic (exact) mass is 669 g/mol. The number of thiazole rings is 1. The summed E-state index contributed by atoms with van der Waals surface area (Å²) in [4.78, 5) is 34.2. The van der Waals surface area contributed by atoms with Crippen molar-refractivity contribution in [3.05, 3.63) is 94.0 Å². The highest BCUT2D eigenvalue weighted by Crippen LogP contribution is 2.37. The van der Waals surface area contributed by atoms with Crippen molar-refractivity contribution in [1.29, 1.82) is 0 Å². The van der Waals surface area contributed by atoms with Gasteiger partial charge in [-0.05, 0) is 73.5 Å². The third-order valence-corrected chi connectivity index (χ3v) is 10.1. The van der Waals surface area contributed by atoms with Crippen LogP contribution in [0.3, 0.4) is 0 Å². The van der Waals surface area contributed by atoms with Gasteiger partial charge in [-0.25, -0.2) is 9.78 Å². The van der Waals surface area contributed by atoms with E-state index in [0.717, 1.165) is 65.0 Å². The van der Waals surface area contributed by atoms with E-state index in [2.05, 4.69) is 9.80 Å². The van der Waals surface area contributed by atoms with Crippen molar-refractivity contribution >= 4 is 40.5 Å². The number of halogens is 3. The Morgan fingerprint density at radius 2 is 1.70 bits per heavy atom. The molecule has 0 bridgehead atoms. The number of aromatic nitrogens is 1. The summed E-state index contributed by atoms with van der Waals surface area (Å²) in [5.74, 6) is 0.170. The first-order chi connectivity index (χ1) is 22.0. The average Bonchev–Trinajstić information content (AvgIpc) is 3.45. The largest absolute Gasteiger partial charge is 0.482 e. The number of ketones is 1. The molecule has 242 valence electrons. The molecule has 3 aromatic carbocycles. The number of carboxylic acids is 1. The number of Topliss-reactive ketones (excluding diaryl/α,β-unsaturated/α-hetero) is 1. The molecule has 4 aromatic rings. The molecule has 0 amide bonds. The Hall–Kier alpha value is -3.87. The number of hydrogen-bond donors (Lipinski definition) is 1. The topological polar surface area (TPSA) is 83.0 Å². The lowest BCUT2D eigenvalue weighted by atomic mass is 10.1. The van der Waals surface area contributed by atoms with Crippen molar-refractivity contribution in [3.8, 4) is 16.3 Å². The number of carboxylic acid groups (broad SMARTS) is 1. The number of carbonyl (C=O) groups is 2. The normalized spacial score (nSPS) is 14.0. The van der Waals surface area contributed by atoms with Crippen LogP contribution in [0.5, 0.6) is 5.75 Å². The fourth-order valence-electron chi connectivity index (χ4n) is 5.18. The van der Waals surface area contributed by atoms with Gasteiger partial charge in [0.25, 0.3) is 0 Å². The maximum absolute atomic E-state index is 13.2. The van der Waals surface area contributed by atoms with E-state index in [0.29, 0.717) is 40.6 Å². The Kier molecular flexibility index (Phi) is 10.7. The fraction of sp³-hybridized carbons (Fsp3) is 0.324. The van der Waals surface area contributed by atoms with Crippen molar-refractivity contribution in [2.75, 3.05) is 37.7 Å². The first kappa shape index (κ1) is 33.5. The van der Waals surface area contributed by atoms with Gasteiger partial charge in [0.1, 0.15) is 10.8 Å². The van der Waals surface area contributed by atoms with Gasteiger partial charge in [-0.3, -0.25) is 9.69 Å². The molecule has 7 nitrogen and oxygen atoms in total. The van der Waals surface area contributed by atoms with Gasteiger partial charge in [-0.2, -0.15) is 13.2 Å². The van der Waals surface area contributed by atoms with Gasteiger partial charge < -0.3 is 14.7 Å². The summed E-state index contributed by atoms with van der Waals surface area (Å²) in [6, 6.07) is 18.5. The molecular weight excluding hydrogens is 636 g/mol. The highest BCUT2D eigenvalue weighted by atomic mass is 32.2. The Balaban J connectivity index is 1.32. The molecule has 1 saturated heterocycles. The first-order valence-corrected chi connectivity index (χ1v) is 16.6. The predicted molar refractivity (Wildman–Crippen MR) is 175 cm³/mol. The van der Waals surface area contributed by atoms with E-state index in [-0.39, 0.29) is 5.78 Å². The maximum atomic E-state index is 13.2. The fourth-order valence-corrected chi connectivity index (χ4v) is 7.32. The Morgan fingerprint density at radius 1 is 1.00 bits per heavy atom. The minimum absolute atomic E-state index is 0.0387. The molecule has 1 fully saturated rings. The van der Waals surface area contributed by atoms with Crippen LogP contribution < -0.4 is 9.64 Å². The number of benzene rings is 3. The second-order valence-corrected chi connectivity index (χ2v) is 13.1. The second kappa shape index (κ2) is 14.7. The molecule has 2 heterocycles. The van der Waals surface area contributed by atoms with Gasteiger partial charge in [-0.1, -0.05) is 19.1 Å². The summed E-state index contributed by atoms with van der Waals surface area (Å²) in [5.41, 5.74) is 3.53. The number of rotatable bonds is 12. The van der Waals surface area contributed by atoms with E-state index in [9.17, 15) is 22.8 Å². The van der Waals surface area contributed by atoms with Crippen LogP contribution >= 0.6 is 23.1 Å². The highest BCUT2D eigenvalue weighted by Gasteiger charge is 2.30. The van der Waals surface area contributed by atoms with Crippen LogP contribution in [-0.2, 0) is 29.7 Å². The van der Waals surface area contributed by atoms with Crippen LogP contribution in [0.4, 0.5) is 18.9 Å². The number of aryl methyl sites for hydroxylation is 1. The molecule has 0 aliphatic carbocycles. The van der Waals surface area contributed by atoms with E-state index < -0.39 is 24.3 Å². The van der Waals surface area contributed by atoms with Crippen molar-refractivity contribution in [1.82, 2.24) is 9.88 Å². The Bertz CT molecular complexity index is 1670. The number of thioether (sulfide) groups is 1. The van der Waals surface area contributed by atoms with Crippen LogP contribution in [-0.4, -0.2) is 59.5 Å². The molecule has 12 heteroatoms. The minimum atomic E-state index is -4.41. The molecule has 1 aliphatic rings. The van der Waals surface area contributed by atoms with Crippen molar-refractivity contribution in [3.63, 3.8) is 0 Å². The number of aliphatic carboxylic acids is 1. The third kappa shape index (κ3) is 8.48. The molecule has 1 N–H and O–H groups in total. The van der Waals surface area contributed by atoms with E-state index >= 15 is 0 Å². The molecule has 0 unspecified atom stereocenters. The quantitative estimate of drug-likeness (QED) is 0.122. The Morgan fingerprint density at radius 3 is 2.30 bits per heavy atom. The Labute approximate surface area is 274 Å². The SMILES string of the molecule is CCc1cc(SCc2sc(-c3ccc(C(F)(F)F)cc3)nc2CN2CCN(c3ccc(C(C)=O)cc3)CC2)ccc1OCC(=O)O. The summed E-state index contributed by atoms with van der Waals surface area (Å²) in [6.07, 6.45) is -3.72. The number of ether oxygens (including phenoxy) is 1. The molecule has 1 aromatic heterocycles. The van der Waals surface area contributed by atoms with Crippen LogP contribution in [0, 0.1) is 0 Å². The van der Waals surface area contributed by atoms with Crippen molar-refractivity contribution < 1.29 is 32.6 Å². The summed E-state index contributed by atoms with van der Waals surface area (Å²) in [5, 5.41) is 9.65. The predicted octanol–water partition coefficient (Wildman–Crippen LogP) is 7.67. The standard InChI is InChI=1S/C34H34F3N3O4S2/c1-3-23-18-28(12-13-30(23)44-20-32(42)43)45-21-31-29(38-33(46-31)25-4-8-26(9-5-25)34(35,36)37)19-39-14-16-40(17-15-39)27-10-6-24(7-11-27)22(2)41/h4-13,18H,3,14-17,19-21H2,1-2H3,(H,42,43). The van der Waals surface area contributed by atoms with E-state index in [1.807, 2.05) is 43.3 Å². The molecular formula is C34H34F3N3O4S2. The molecule has 0 spiro atoms. The zero-order valence-corrected chi connectivity index (χ0v) is 27.1. The van der Waals surface area contributed by atoms with Gasteiger partial charge in [0.2, 0.25) is 0 Å². The molecule has 0 radical (unpaired) electrons. The number of nitrogens with zero attached hydrogens (tertiary/aromatic N) is 3. The number of anilines is 1. The smallest absolute Gasteiger partial charge is 0.416 e. The summed E-state index contributed by atoms with van der Waals surface area (Å²) < 4.78 is 45.0. The highest BCUT2D eigenvalue weighted by molar-refractivity contribution is 7.98. The zero-order valence-electron chi connectivity index (χ0n) is 25.5. The average molecular weight is 670 g/mol. The van der Waals surface area contributed by atoms with Gasteiger partial charge in [0.15, 0.2) is 12.4 Å². The molecule has 0 saturated carbocycles. The number of carbonyl (C=O) groups excluding carboxylic acids is 1. The van der Waals surface area contributed by atoms with Gasteiger partial charge in [0.05, 0.1) is 11.3 Å². The van der Waals surface area contributed by atoms with E-state index in [4.69, 9.17) is 14.8 Å². The number of piperazine rings is 1. The van der Waals surface area contributed by atoms with E-state index in [1.54, 1.807) is 24.8 Å². The van der Waals surface area contributed by atoms with Crippen LogP contribution in [0.25, 0.3) is 10.6 Å². The number of alkyl halides is 3. The molecule has 1 aliphatic heterocycles. The van der Waals surface area contributed by atoms with Crippen molar-refractivity contribution in [2.45, 2.75) is 43.6 Å². The lowest BCUT2D eigenvalue weighted by molar-refractivity contribution is -0.139. The zero-order chi connectivity index (χ0) is 32.8. The molecule has 46 heavy (non-hydrogen) atoms. The van der Waals surface area contributed by atoms with Crippen LogP contribution in [0.2, 0.25) is 0 Å². The van der Waals surface area contributed by atoms with Crippen LogP contribution in [0.1, 0.15) is 45.9 Å². The summed E-state index contributed by atoms with van der Waals surface area (Å²) in [6.45, 7) is 7.00. The second-order valence-electron chi connectivity index (χ2n) is 10.9. The van der Waals surface area contributed by atoms with Gasteiger partial charge in [-0.15, -0.1) is 23.1 Å². The van der Waals surface area contributed by atoms with Crippen molar-refractivity contribution in [2.24, 2.45) is 0 Å². The third-order valence-electron chi connectivity index (χ3n) is 7.76.